The van der Waals surface area contributed by atoms with Crippen molar-refractivity contribution in [3.8, 4) is 5.75 Å². The molecule has 1 aromatic carbocycles. The fraction of sp³-hybridized carbons (Fsp3) is 0.375. The Labute approximate surface area is 124 Å². The van der Waals surface area contributed by atoms with Crippen molar-refractivity contribution in [2.75, 3.05) is 6.61 Å². The minimum absolute atomic E-state index is 0.175. The van der Waals surface area contributed by atoms with Gasteiger partial charge in [-0.1, -0.05) is 43.1 Å². The summed E-state index contributed by atoms with van der Waals surface area (Å²) in [7, 11) is 0. The lowest BCUT2D eigenvalue weighted by Crippen LogP contribution is -2.17. The molecule has 0 saturated heterocycles. The van der Waals surface area contributed by atoms with Crippen molar-refractivity contribution < 1.29 is 4.74 Å². The number of aromatic nitrogens is 2. The van der Waals surface area contributed by atoms with Crippen molar-refractivity contribution >= 4 is 11.6 Å². The molecule has 0 bridgehead atoms. The average molecular weight is 289 g/mol. The highest BCUT2D eigenvalue weighted by Crippen LogP contribution is 2.36. The second-order valence-electron chi connectivity index (χ2n) is 5.02. The van der Waals surface area contributed by atoms with E-state index in [4.69, 9.17) is 21.3 Å². The van der Waals surface area contributed by atoms with Crippen LogP contribution in [0, 0.1) is 0 Å². The maximum atomic E-state index is 6.15. The summed E-state index contributed by atoms with van der Waals surface area (Å²) in [6.07, 6.45) is 2.88. The topological polar surface area (TPSA) is 35.0 Å². The SMILES string of the molecule is CCCc1cc(Cl)nc(C2CCOc3ccccc32)n1. The third-order valence-corrected chi connectivity index (χ3v) is 3.74. The Kier molecular flexibility index (Phi) is 3.88. The molecule has 1 atom stereocenters. The smallest absolute Gasteiger partial charge is 0.138 e. The summed E-state index contributed by atoms with van der Waals surface area (Å²) in [5, 5.41) is 0.530. The molecule has 0 spiro atoms. The van der Waals surface area contributed by atoms with E-state index in [2.05, 4.69) is 18.0 Å². The molecule has 0 fully saturated rings. The van der Waals surface area contributed by atoms with Crippen LogP contribution in [0.2, 0.25) is 5.15 Å². The summed E-state index contributed by atoms with van der Waals surface area (Å²) in [5.41, 5.74) is 2.18. The Morgan fingerprint density at radius 1 is 1.30 bits per heavy atom. The Morgan fingerprint density at radius 3 is 3.00 bits per heavy atom. The standard InChI is InChI=1S/C16H17ClN2O/c1-2-5-11-10-15(17)19-16(18-11)13-8-9-20-14-7-4-3-6-12(13)14/h3-4,6-7,10,13H,2,5,8-9H2,1H3. The van der Waals surface area contributed by atoms with E-state index in [-0.39, 0.29) is 5.92 Å². The largest absolute Gasteiger partial charge is 0.493 e. The van der Waals surface area contributed by atoms with Crippen molar-refractivity contribution in [3.63, 3.8) is 0 Å². The van der Waals surface area contributed by atoms with Gasteiger partial charge in [0.25, 0.3) is 0 Å². The first-order valence-corrected chi connectivity index (χ1v) is 7.41. The lowest BCUT2D eigenvalue weighted by atomic mass is 9.92. The summed E-state index contributed by atoms with van der Waals surface area (Å²) in [5.74, 6) is 1.93. The van der Waals surface area contributed by atoms with E-state index in [1.807, 2.05) is 24.3 Å². The Hall–Kier alpha value is -1.61. The predicted molar refractivity (Wildman–Crippen MR) is 79.4 cm³/mol. The number of nitrogens with zero attached hydrogens (tertiary/aromatic N) is 2. The minimum atomic E-state index is 0.175. The molecule has 104 valence electrons. The third kappa shape index (κ3) is 2.63. The van der Waals surface area contributed by atoms with Gasteiger partial charge in [0.05, 0.1) is 12.5 Å². The predicted octanol–water partition coefficient (Wildman–Crippen LogP) is 4.00. The van der Waals surface area contributed by atoms with Crippen LogP contribution in [0.4, 0.5) is 0 Å². The molecule has 0 amide bonds. The molecule has 1 aliphatic rings. The molecule has 1 aliphatic heterocycles. The van der Waals surface area contributed by atoms with Gasteiger partial charge in [-0.15, -0.1) is 0 Å². The molecule has 1 aromatic heterocycles. The van der Waals surface area contributed by atoms with E-state index in [1.54, 1.807) is 0 Å². The molecular weight excluding hydrogens is 272 g/mol. The second-order valence-corrected chi connectivity index (χ2v) is 5.41. The van der Waals surface area contributed by atoms with Gasteiger partial charge in [0, 0.05) is 11.3 Å². The maximum Gasteiger partial charge on any atom is 0.138 e. The normalized spacial score (nSPS) is 17.4. The fourth-order valence-electron chi connectivity index (χ4n) is 2.63. The van der Waals surface area contributed by atoms with Crippen molar-refractivity contribution in [1.29, 1.82) is 0 Å². The minimum Gasteiger partial charge on any atom is -0.493 e. The first-order valence-electron chi connectivity index (χ1n) is 7.03. The van der Waals surface area contributed by atoms with Crippen LogP contribution in [-0.2, 0) is 6.42 Å². The number of para-hydroxylation sites is 1. The maximum absolute atomic E-state index is 6.15. The summed E-state index contributed by atoms with van der Waals surface area (Å²) < 4.78 is 5.69. The Morgan fingerprint density at radius 2 is 2.15 bits per heavy atom. The second kappa shape index (κ2) is 5.80. The third-order valence-electron chi connectivity index (χ3n) is 3.54. The number of benzene rings is 1. The first kappa shape index (κ1) is 13.4. The van der Waals surface area contributed by atoms with Crippen LogP contribution in [0.3, 0.4) is 0 Å². The van der Waals surface area contributed by atoms with Gasteiger partial charge < -0.3 is 4.74 Å². The van der Waals surface area contributed by atoms with Crippen LogP contribution >= 0.6 is 11.6 Å². The van der Waals surface area contributed by atoms with Crippen molar-refractivity contribution in [2.24, 2.45) is 0 Å². The molecule has 0 saturated carbocycles. The van der Waals surface area contributed by atoms with Crippen molar-refractivity contribution in [2.45, 2.75) is 32.1 Å². The van der Waals surface area contributed by atoms with Crippen molar-refractivity contribution in [1.82, 2.24) is 9.97 Å². The van der Waals surface area contributed by atoms with Gasteiger partial charge in [0.1, 0.15) is 16.7 Å². The molecule has 1 unspecified atom stereocenters. The van der Waals surface area contributed by atoms with Gasteiger partial charge in [-0.3, -0.25) is 0 Å². The quantitative estimate of drug-likeness (QED) is 0.801. The monoisotopic (exact) mass is 288 g/mol. The van der Waals surface area contributed by atoms with Gasteiger partial charge in [-0.2, -0.15) is 0 Å². The highest BCUT2D eigenvalue weighted by Gasteiger charge is 2.25. The molecule has 0 radical (unpaired) electrons. The summed E-state index contributed by atoms with van der Waals surface area (Å²) >= 11 is 6.15. The Bertz CT molecular complexity index is 615. The lowest BCUT2D eigenvalue weighted by molar-refractivity contribution is 0.274. The number of aryl methyl sites for hydroxylation is 1. The molecule has 2 heterocycles. The molecule has 20 heavy (non-hydrogen) atoms. The molecule has 0 N–H and O–H groups in total. The van der Waals surface area contributed by atoms with Gasteiger partial charge in [-0.25, -0.2) is 9.97 Å². The van der Waals surface area contributed by atoms with Gasteiger partial charge in [-0.05, 0) is 25.0 Å². The van der Waals surface area contributed by atoms with Gasteiger partial charge in [0.15, 0.2) is 0 Å². The fourth-order valence-corrected chi connectivity index (χ4v) is 2.85. The highest BCUT2D eigenvalue weighted by atomic mass is 35.5. The summed E-state index contributed by atoms with van der Waals surface area (Å²) in [6.45, 7) is 2.83. The van der Waals surface area contributed by atoms with Crippen LogP contribution in [-0.4, -0.2) is 16.6 Å². The van der Waals surface area contributed by atoms with Crippen LogP contribution < -0.4 is 4.74 Å². The van der Waals surface area contributed by atoms with Crippen molar-refractivity contribution in [3.05, 3.63) is 52.6 Å². The summed E-state index contributed by atoms with van der Waals surface area (Å²) in [4.78, 5) is 9.13. The molecule has 3 rings (SSSR count). The molecule has 4 heteroatoms. The number of hydrogen-bond acceptors (Lipinski definition) is 3. The van der Waals surface area contributed by atoms with E-state index < -0.39 is 0 Å². The highest BCUT2D eigenvalue weighted by molar-refractivity contribution is 6.29. The van der Waals surface area contributed by atoms with E-state index in [1.165, 1.54) is 0 Å². The lowest BCUT2D eigenvalue weighted by Gasteiger charge is -2.25. The average Bonchev–Trinajstić information content (AvgIpc) is 2.46. The van der Waals surface area contributed by atoms with E-state index in [9.17, 15) is 0 Å². The number of halogens is 1. The summed E-state index contributed by atoms with van der Waals surface area (Å²) in [6, 6.07) is 9.96. The van der Waals surface area contributed by atoms with Crippen LogP contribution in [0.15, 0.2) is 30.3 Å². The van der Waals surface area contributed by atoms with Crippen LogP contribution in [0.5, 0.6) is 5.75 Å². The number of hydrogen-bond donors (Lipinski definition) is 0. The Balaban J connectivity index is 2.01. The number of rotatable bonds is 3. The first-order chi connectivity index (χ1) is 9.78. The molecule has 2 aromatic rings. The van der Waals surface area contributed by atoms with Gasteiger partial charge >= 0.3 is 0 Å². The zero-order chi connectivity index (χ0) is 13.9. The molecule has 0 aliphatic carbocycles. The number of fused-ring (bicyclic) bond motifs is 1. The van der Waals surface area contributed by atoms with E-state index >= 15 is 0 Å². The van der Waals surface area contributed by atoms with E-state index in [0.717, 1.165) is 42.1 Å². The van der Waals surface area contributed by atoms with Gasteiger partial charge in [0.2, 0.25) is 0 Å². The van der Waals surface area contributed by atoms with E-state index in [0.29, 0.717) is 11.8 Å². The van der Waals surface area contributed by atoms with Crippen LogP contribution in [0.1, 0.15) is 42.8 Å². The zero-order valence-corrected chi connectivity index (χ0v) is 12.2. The zero-order valence-electron chi connectivity index (χ0n) is 11.5. The molecular formula is C16H17ClN2O. The number of ether oxygens (including phenoxy) is 1. The molecule has 3 nitrogen and oxygen atoms in total. The van der Waals surface area contributed by atoms with Crippen LogP contribution in [0.25, 0.3) is 0 Å².